The minimum Gasteiger partial charge on any atom is -0.314 e. The summed E-state index contributed by atoms with van der Waals surface area (Å²) in [5, 5.41) is 7.90. The number of aryl methyl sites for hydroxylation is 1. The summed E-state index contributed by atoms with van der Waals surface area (Å²) in [6, 6.07) is 0.579. The molecule has 3 unspecified atom stereocenters. The summed E-state index contributed by atoms with van der Waals surface area (Å²) < 4.78 is 2.05. The molecule has 0 spiro atoms. The van der Waals surface area contributed by atoms with E-state index < -0.39 is 0 Å². The number of hydrogen-bond donors (Lipinski definition) is 1. The number of likely N-dealkylation sites (N-methyl/N-ethyl adjacent to an activating group) is 1. The highest BCUT2D eigenvalue weighted by molar-refractivity contribution is 4.99. The SMILES string of the molecule is CCCn1ncnc1CC(NCC)C1CC1C. The molecule has 0 radical (unpaired) electrons. The molecule has 1 aliphatic rings. The lowest BCUT2D eigenvalue weighted by atomic mass is 10.1. The van der Waals surface area contributed by atoms with Crippen molar-refractivity contribution in [3.8, 4) is 0 Å². The summed E-state index contributed by atoms with van der Waals surface area (Å²) >= 11 is 0. The van der Waals surface area contributed by atoms with Gasteiger partial charge in [0, 0.05) is 19.0 Å². The summed E-state index contributed by atoms with van der Waals surface area (Å²) in [4.78, 5) is 4.40. The van der Waals surface area contributed by atoms with Gasteiger partial charge in [-0.05, 0) is 31.2 Å². The van der Waals surface area contributed by atoms with Gasteiger partial charge in [0.15, 0.2) is 0 Å². The van der Waals surface area contributed by atoms with Crippen molar-refractivity contribution >= 4 is 0 Å². The lowest BCUT2D eigenvalue weighted by Gasteiger charge is -2.17. The maximum absolute atomic E-state index is 4.40. The van der Waals surface area contributed by atoms with E-state index in [1.807, 2.05) is 0 Å². The maximum atomic E-state index is 4.40. The van der Waals surface area contributed by atoms with E-state index in [0.717, 1.165) is 43.6 Å². The maximum Gasteiger partial charge on any atom is 0.138 e. The Labute approximate surface area is 104 Å². The van der Waals surface area contributed by atoms with Crippen LogP contribution in [0.15, 0.2) is 6.33 Å². The Morgan fingerprint density at radius 3 is 2.88 bits per heavy atom. The third-order valence-electron chi connectivity index (χ3n) is 3.69. The second-order valence-electron chi connectivity index (χ2n) is 5.14. The first-order valence-electron chi connectivity index (χ1n) is 6.86. The van der Waals surface area contributed by atoms with Crippen molar-refractivity contribution in [3.05, 3.63) is 12.2 Å². The second kappa shape index (κ2) is 5.63. The fraction of sp³-hybridized carbons (Fsp3) is 0.846. The Morgan fingerprint density at radius 2 is 2.29 bits per heavy atom. The molecule has 4 nitrogen and oxygen atoms in total. The van der Waals surface area contributed by atoms with Crippen molar-refractivity contribution in [2.24, 2.45) is 11.8 Å². The first-order valence-corrected chi connectivity index (χ1v) is 6.86. The molecule has 4 heteroatoms. The molecule has 1 aromatic rings. The molecule has 3 atom stereocenters. The van der Waals surface area contributed by atoms with Gasteiger partial charge < -0.3 is 5.32 Å². The van der Waals surface area contributed by atoms with Gasteiger partial charge >= 0.3 is 0 Å². The molecule has 0 aromatic carbocycles. The number of hydrogen-bond acceptors (Lipinski definition) is 3. The van der Waals surface area contributed by atoms with Gasteiger partial charge in [0.1, 0.15) is 12.2 Å². The van der Waals surface area contributed by atoms with Crippen LogP contribution >= 0.6 is 0 Å². The number of nitrogens with one attached hydrogen (secondary N) is 1. The van der Waals surface area contributed by atoms with E-state index in [1.165, 1.54) is 6.42 Å². The van der Waals surface area contributed by atoms with E-state index in [4.69, 9.17) is 0 Å². The molecule has 1 N–H and O–H groups in total. The summed E-state index contributed by atoms with van der Waals surface area (Å²) in [5.41, 5.74) is 0. The van der Waals surface area contributed by atoms with Crippen LogP contribution < -0.4 is 5.32 Å². The molecule has 1 heterocycles. The van der Waals surface area contributed by atoms with E-state index in [-0.39, 0.29) is 0 Å². The van der Waals surface area contributed by atoms with Crippen LogP contribution in [0.3, 0.4) is 0 Å². The van der Waals surface area contributed by atoms with Crippen molar-refractivity contribution < 1.29 is 0 Å². The monoisotopic (exact) mass is 236 g/mol. The summed E-state index contributed by atoms with van der Waals surface area (Å²) in [7, 11) is 0. The minimum atomic E-state index is 0.579. The standard InChI is InChI=1S/C13H24N4/c1-4-6-17-13(15-9-16-17)8-12(14-5-2)11-7-10(11)3/h9-12,14H,4-8H2,1-3H3. The summed E-state index contributed by atoms with van der Waals surface area (Å²) in [5.74, 6) is 2.85. The van der Waals surface area contributed by atoms with Crippen molar-refractivity contribution in [2.75, 3.05) is 6.54 Å². The Kier molecular flexibility index (Phi) is 4.15. The number of nitrogens with zero attached hydrogens (tertiary/aromatic N) is 3. The van der Waals surface area contributed by atoms with Crippen LogP contribution in [-0.2, 0) is 13.0 Å². The van der Waals surface area contributed by atoms with Crippen LogP contribution in [0.4, 0.5) is 0 Å². The van der Waals surface area contributed by atoms with Crippen LogP contribution in [-0.4, -0.2) is 27.4 Å². The Bertz CT molecular complexity index is 347. The summed E-state index contributed by atoms with van der Waals surface area (Å²) in [6.45, 7) is 8.71. The molecule has 0 amide bonds. The smallest absolute Gasteiger partial charge is 0.138 e. The Morgan fingerprint density at radius 1 is 1.53 bits per heavy atom. The zero-order valence-electron chi connectivity index (χ0n) is 11.2. The van der Waals surface area contributed by atoms with Gasteiger partial charge in [0.25, 0.3) is 0 Å². The van der Waals surface area contributed by atoms with E-state index in [2.05, 4.69) is 40.9 Å². The molecule has 17 heavy (non-hydrogen) atoms. The average Bonchev–Trinajstić information content (AvgIpc) is 2.87. The largest absolute Gasteiger partial charge is 0.314 e. The van der Waals surface area contributed by atoms with Gasteiger partial charge in [0.05, 0.1) is 0 Å². The average molecular weight is 236 g/mol. The van der Waals surface area contributed by atoms with E-state index in [0.29, 0.717) is 6.04 Å². The van der Waals surface area contributed by atoms with Crippen LogP contribution in [0.5, 0.6) is 0 Å². The van der Waals surface area contributed by atoms with E-state index in [9.17, 15) is 0 Å². The minimum absolute atomic E-state index is 0.579. The topological polar surface area (TPSA) is 42.7 Å². The quantitative estimate of drug-likeness (QED) is 0.786. The van der Waals surface area contributed by atoms with Crippen LogP contribution in [0.1, 0.15) is 39.4 Å². The van der Waals surface area contributed by atoms with Crippen LogP contribution in [0, 0.1) is 11.8 Å². The molecule has 1 aromatic heterocycles. The lowest BCUT2D eigenvalue weighted by Crippen LogP contribution is -2.34. The molecule has 0 bridgehead atoms. The van der Waals surface area contributed by atoms with E-state index >= 15 is 0 Å². The molecular formula is C13H24N4. The first-order chi connectivity index (χ1) is 8.26. The molecular weight excluding hydrogens is 212 g/mol. The Hall–Kier alpha value is -0.900. The van der Waals surface area contributed by atoms with Crippen LogP contribution in [0.25, 0.3) is 0 Å². The highest BCUT2D eigenvalue weighted by Gasteiger charge is 2.39. The number of rotatable bonds is 7. The zero-order chi connectivity index (χ0) is 12.3. The van der Waals surface area contributed by atoms with E-state index in [1.54, 1.807) is 6.33 Å². The van der Waals surface area contributed by atoms with Crippen molar-refractivity contribution in [1.29, 1.82) is 0 Å². The zero-order valence-corrected chi connectivity index (χ0v) is 11.2. The highest BCUT2D eigenvalue weighted by atomic mass is 15.3. The van der Waals surface area contributed by atoms with Crippen molar-refractivity contribution in [1.82, 2.24) is 20.1 Å². The van der Waals surface area contributed by atoms with Crippen molar-refractivity contribution in [3.63, 3.8) is 0 Å². The lowest BCUT2D eigenvalue weighted by molar-refractivity contribution is 0.432. The first kappa shape index (κ1) is 12.6. The summed E-state index contributed by atoms with van der Waals surface area (Å²) in [6.07, 6.45) is 5.18. The van der Waals surface area contributed by atoms with Gasteiger partial charge in [0.2, 0.25) is 0 Å². The molecule has 1 fully saturated rings. The van der Waals surface area contributed by atoms with Gasteiger partial charge in [-0.3, -0.25) is 4.68 Å². The van der Waals surface area contributed by atoms with Gasteiger partial charge in [-0.1, -0.05) is 20.8 Å². The predicted molar refractivity (Wildman–Crippen MR) is 68.8 cm³/mol. The molecule has 2 rings (SSSR count). The second-order valence-corrected chi connectivity index (χ2v) is 5.14. The highest BCUT2D eigenvalue weighted by Crippen LogP contribution is 2.41. The van der Waals surface area contributed by atoms with Gasteiger partial charge in [-0.2, -0.15) is 5.10 Å². The van der Waals surface area contributed by atoms with Crippen LogP contribution in [0.2, 0.25) is 0 Å². The third kappa shape index (κ3) is 3.06. The number of aromatic nitrogens is 3. The molecule has 0 aliphatic heterocycles. The molecule has 1 aliphatic carbocycles. The fourth-order valence-corrected chi connectivity index (χ4v) is 2.59. The Balaban J connectivity index is 1.98. The van der Waals surface area contributed by atoms with Crippen molar-refractivity contribution in [2.45, 2.75) is 52.6 Å². The van der Waals surface area contributed by atoms with Gasteiger partial charge in [-0.15, -0.1) is 0 Å². The third-order valence-corrected chi connectivity index (χ3v) is 3.69. The molecule has 96 valence electrons. The molecule has 1 saturated carbocycles. The fourth-order valence-electron chi connectivity index (χ4n) is 2.59. The predicted octanol–water partition coefficient (Wildman–Crippen LogP) is 1.86. The van der Waals surface area contributed by atoms with Gasteiger partial charge in [-0.25, -0.2) is 4.98 Å². The normalized spacial score (nSPS) is 24.9. The molecule has 0 saturated heterocycles.